The summed E-state index contributed by atoms with van der Waals surface area (Å²) < 4.78 is 16.9. The third-order valence-electron chi connectivity index (χ3n) is 7.57. The Morgan fingerprint density at radius 2 is 1.11 bits per heavy atom. The number of ether oxygens (including phenoxy) is 2. The molecule has 4 nitrogen and oxygen atoms in total. The van der Waals surface area contributed by atoms with Crippen molar-refractivity contribution in [3.63, 3.8) is 0 Å². The van der Waals surface area contributed by atoms with Crippen LogP contribution in [0.15, 0.2) is 23.7 Å². The van der Waals surface area contributed by atoms with Gasteiger partial charge in [0.25, 0.3) is 0 Å². The molecular weight excluding hydrogens is 494 g/mol. The highest BCUT2D eigenvalue weighted by Crippen LogP contribution is 2.55. The second-order valence-electron chi connectivity index (χ2n) is 13.8. The second kappa shape index (κ2) is 11.0. The molecule has 0 N–H and O–H groups in total. The predicted molar refractivity (Wildman–Crippen MR) is 163 cm³/mol. The Balaban J connectivity index is 1.91. The van der Waals surface area contributed by atoms with Crippen LogP contribution < -0.4 is 5.30 Å². The first-order valence-corrected chi connectivity index (χ1v) is 16.7. The Morgan fingerprint density at radius 3 is 1.49 bits per heavy atom. The quantitative estimate of drug-likeness (QED) is 0.373. The monoisotopic (exact) mass is 544 g/mol. The van der Waals surface area contributed by atoms with E-state index in [4.69, 9.17) is 9.47 Å². The van der Waals surface area contributed by atoms with Crippen LogP contribution in [0.5, 0.6) is 0 Å². The molecule has 206 valence electrons. The Morgan fingerprint density at radius 1 is 0.676 bits per heavy atom. The maximum Gasteiger partial charge on any atom is 0.0734 e. The Labute approximate surface area is 229 Å². The van der Waals surface area contributed by atoms with Crippen molar-refractivity contribution in [1.29, 1.82) is 0 Å². The topological polar surface area (TPSA) is 24.9 Å². The molecule has 0 aliphatic carbocycles. The molecule has 37 heavy (non-hydrogen) atoms. The molecule has 1 atom stereocenters. The number of rotatable bonds is 4. The van der Waals surface area contributed by atoms with Crippen LogP contribution in [0.2, 0.25) is 0 Å². The summed E-state index contributed by atoms with van der Waals surface area (Å²) in [4.78, 5) is 0. The van der Waals surface area contributed by atoms with Crippen LogP contribution in [0.4, 0.5) is 0 Å². The normalized spacial score (nSPS) is 19.6. The maximum atomic E-state index is 5.76. The van der Waals surface area contributed by atoms with Gasteiger partial charge >= 0.3 is 0 Å². The summed E-state index contributed by atoms with van der Waals surface area (Å²) in [6.07, 6.45) is 0. The fourth-order valence-corrected chi connectivity index (χ4v) is 11.4. The Hall–Kier alpha value is -0.730. The van der Waals surface area contributed by atoms with Crippen molar-refractivity contribution in [2.24, 2.45) is 0 Å². The van der Waals surface area contributed by atoms with Crippen LogP contribution in [0.25, 0.3) is 5.30 Å². The largest absolute Gasteiger partial charge is 0.379 e. The molecule has 6 heteroatoms. The molecule has 2 aromatic rings. The number of nitrogens with zero attached hydrogens (tertiary/aromatic N) is 2. The Bertz CT molecular complexity index is 1020. The fraction of sp³-hybridized carbons (Fsp3) is 0.677. The lowest BCUT2D eigenvalue weighted by Crippen LogP contribution is -2.44. The van der Waals surface area contributed by atoms with Crippen LogP contribution in [-0.2, 0) is 25.7 Å². The van der Waals surface area contributed by atoms with Crippen molar-refractivity contribution in [2.45, 2.75) is 85.5 Å². The van der Waals surface area contributed by atoms with E-state index in [1.165, 1.54) is 22.3 Å². The van der Waals surface area contributed by atoms with Gasteiger partial charge in [0.05, 0.1) is 34.7 Å². The lowest BCUT2D eigenvalue weighted by molar-refractivity contribution is 0.0593. The van der Waals surface area contributed by atoms with Crippen molar-refractivity contribution in [1.82, 2.24) is 9.34 Å². The summed E-state index contributed by atoms with van der Waals surface area (Å²) in [5.41, 5.74) is 6.27. The van der Waals surface area contributed by atoms with E-state index in [-0.39, 0.29) is 16.2 Å². The molecule has 0 radical (unpaired) electrons. The molecule has 1 aromatic carbocycles. The standard InChI is InChI=1S/C31H50N2O2P2/c1-23-21-36(22-27(23)37(32-11-15-34-16-12-32)33-13-17-35-18-14-33)28-25(30(5,6)7)19-24(29(2,3)4)20-26(28)31(8,9)10/h19-22H,11-18H2,1-10H3. The van der Waals surface area contributed by atoms with Gasteiger partial charge in [-0.25, -0.2) is 0 Å². The van der Waals surface area contributed by atoms with Crippen molar-refractivity contribution in [3.05, 3.63) is 46.0 Å². The van der Waals surface area contributed by atoms with Gasteiger partial charge in [-0.15, -0.1) is 0 Å². The van der Waals surface area contributed by atoms with Crippen LogP contribution in [0.3, 0.4) is 0 Å². The number of benzene rings is 1. The number of hydrogen-bond acceptors (Lipinski definition) is 4. The highest BCUT2D eigenvalue weighted by molar-refractivity contribution is 7.64. The molecular formula is C31H50N2O2P2. The third-order valence-corrected chi connectivity index (χ3v) is 12.8. The summed E-state index contributed by atoms with van der Waals surface area (Å²) in [7, 11) is -1.07. The molecule has 4 rings (SSSR count). The lowest BCUT2D eigenvalue weighted by atomic mass is 9.75. The second-order valence-corrected chi connectivity index (χ2v) is 17.8. The van der Waals surface area contributed by atoms with E-state index >= 15 is 0 Å². The van der Waals surface area contributed by atoms with Crippen molar-refractivity contribution in [3.8, 4) is 5.30 Å². The highest BCUT2D eigenvalue weighted by Gasteiger charge is 2.34. The first kappa shape index (κ1) is 29.3. The molecule has 2 aliphatic rings. The fourth-order valence-electron chi connectivity index (χ4n) is 5.34. The molecule has 1 aromatic heterocycles. The van der Waals surface area contributed by atoms with Crippen molar-refractivity contribution in [2.75, 3.05) is 52.6 Å². The minimum absolute atomic E-state index is 0.0798. The van der Waals surface area contributed by atoms with Gasteiger partial charge in [-0.2, -0.15) is 0 Å². The van der Waals surface area contributed by atoms with E-state index in [9.17, 15) is 0 Å². The summed E-state index contributed by atoms with van der Waals surface area (Å²) in [6.45, 7) is 31.2. The van der Waals surface area contributed by atoms with Crippen LogP contribution in [-0.4, -0.2) is 61.9 Å². The van der Waals surface area contributed by atoms with Gasteiger partial charge in [-0.05, 0) is 57.0 Å². The van der Waals surface area contributed by atoms with E-state index in [1.807, 2.05) is 0 Å². The van der Waals surface area contributed by atoms with E-state index in [0.717, 1.165) is 52.6 Å². The molecule has 2 aliphatic heterocycles. The van der Waals surface area contributed by atoms with Crippen molar-refractivity contribution < 1.29 is 9.47 Å². The number of aryl methyl sites for hydroxylation is 1. The summed E-state index contributed by atoms with van der Waals surface area (Å²) in [5.74, 6) is 5.31. The van der Waals surface area contributed by atoms with Crippen LogP contribution in [0, 0.1) is 6.92 Å². The number of morpholine rings is 2. The molecule has 2 saturated heterocycles. The average Bonchev–Trinajstić information content (AvgIpc) is 3.19. The first-order chi connectivity index (χ1) is 17.2. The molecule has 3 heterocycles. The zero-order chi connectivity index (χ0) is 27.2. The SMILES string of the molecule is Cc1cp(-c2c(C(C)(C)C)cc(C(C)(C)C)cc2C(C)(C)C)cc1P(N1CCOCC1)N1CCOCC1. The van der Waals surface area contributed by atoms with Gasteiger partial charge < -0.3 is 9.47 Å². The van der Waals surface area contributed by atoms with Crippen LogP contribution >= 0.6 is 15.8 Å². The molecule has 0 bridgehead atoms. The van der Waals surface area contributed by atoms with Gasteiger partial charge in [0.2, 0.25) is 0 Å². The minimum atomic E-state index is -0.539. The Kier molecular flexibility index (Phi) is 8.73. The predicted octanol–water partition coefficient (Wildman–Crippen LogP) is 7.46. The smallest absolute Gasteiger partial charge is 0.0734 e. The molecule has 2 fully saturated rings. The highest BCUT2D eigenvalue weighted by atomic mass is 31.1. The van der Waals surface area contributed by atoms with E-state index < -0.39 is 15.8 Å². The van der Waals surface area contributed by atoms with E-state index in [2.05, 4.69) is 102 Å². The van der Waals surface area contributed by atoms with Gasteiger partial charge in [0.1, 0.15) is 0 Å². The summed E-state index contributed by atoms with van der Waals surface area (Å²) in [5, 5.41) is 3.17. The van der Waals surface area contributed by atoms with E-state index in [1.54, 1.807) is 10.6 Å². The van der Waals surface area contributed by atoms with Crippen molar-refractivity contribution >= 4 is 21.1 Å². The maximum absolute atomic E-state index is 5.76. The van der Waals surface area contributed by atoms with Gasteiger partial charge in [-0.1, -0.05) is 82.0 Å². The molecule has 0 saturated carbocycles. The zero-order valence-electron chi connectivity index (χ0n) is 25.1. The summed E-state index contributed by atoms with van der Waals surface area (Å²) >= 11 is 0. The molecule has 1 unspecified atom stereocenters. The third kappa shape index (κ3) is 6.54. The zero-order valence-corrected chi connectivity index (χ0v) is 26.9. The van der Waals surface area contributed by atoms with Gasteiger partial charge in [0.15, 0.2) is 0 Å². The lowest BCUT2D eigenvalue weighted by Gasteiger charge is -2.42. The minimum Gasteiger partial charge on any atom is -0.379 e. The van der Waals surface area contributed by atoms with Gasteiger partial charge in [0, 0.05) is 36.8 Å². The number of hydrogen-bond donors (Lipinski definition) is 0. The summed E-state index contributed by atoms with van der Waals surface area (Å²) in [6, 6.07) is 5.07. The van der Waals surface area contributed by atoms with Crippen LogP contribution in [0.1, 0.15) is 84.6 Å². The molecule has 0 spiro atoms. The average molecular weight is 545 g/mol. The van der Waals surface area contributed by atoms with E-state index in [0.29, 0.717) is 0 Å². The molecule has 0 amide bonds. The first-order valence-electron chi connectivity index (χ1n) is 14.0. The van der Waals surface area contributed by atoms with Gasteiger partial charge in [-0.3, -0.25) is 9.34 Å².